The lowest BCUT2D eigenvalue weighted by atomic mass is 10.2. The molecule has 0 aromatic heterocycles. The third kappa shape index (κ3) is 13.2. The lowest BCUT2D eigenvalue weighted by Gasteiger charge is -2.04. The molecule has 0 unspecified atom stereocenters. The van der Waals surface area contributed by atoms with E-state index in [-0.39, 0.29) is 29.5 Å². The lowest BCUT2D eigenvalue weighted by molar-refractivity contribution is -0.132. The van der Waals surface area contributed by atoms with Gasteiger partial charge in [0.25, 0.3) is 0 Å². The van der Waals surface area contributed by atoms with Crippen LogP contribution in [-0.2, 0) is 9.59 Å². The Morgan fingerprint density at radius 1 is 1.27 bits per heavy atom. The largest absolute Gasteiger partial charge is 0.353 e. The fourth-order valence-corrected chi connectivity index (χ4v) is 0.588. The van der Waals surface area contributed by atoms with Gasteiger partial charge in [-0.25, -0.2) is 5.48 Å². The topological polar surface area (TPSA) is 78.4 Å². The zero-order valence-electron chi connectivity index (χ0n) is 9.57. The van der Waals surface area contributed by atoms with E-state index >= 15 is 0 Å². The minimum absolute atomic E-state index is 0.0108. The first-order chi connectivity index (χ1) is 6.84. The highest BCUT2D eigenvalue weighted by atomic mass is 32.1. The van der Waals surface area contributed by atoms with Crippen LogP contribution in [0.5, 0.6) is 0 Å². The van der Waals surface area contributed by atoms with E-state index in [0.717, 1.165) is 0 Å². The third-order valence-electron chi connectivity index (χ3n) is 1.23. The monoisotopic (exact) mass is 236 g/mol. The average Bonchev–Trinajstić information content (AvgIpc) is 2.16. The number of hydroxylamine groups is 1. The summed E-state index contributed by atoms with van der Waals surface area (Å²) in [5.41, 5.74) is 1.53. The second kappa shape index (κ2) is 9.79. The van der Waals surface area contributed by atoms with Gasteiger partial charge in [-0.1, -0.05) is 13.8 Å². The van der Waals surface area contributed by atoms with Crippen molar-refractivity contribution >= 4 is 24.4 Å². The van der Waals surface area contributed by atoms with Crippen molar-refractivity contribution in [3.8, 4) is 0 Å². The van der Waals surface area contributed by atoms with Gasteiger partial charge < -0.3 is 5.32 Å². The Balaban J connectivity index is 0. The van der Waals surface area contributed by atoms with Gasteiger partial charge in [0, 0.05) is 12.0 Å². The lowest BCUT2D eigenvalue weighted by Crippen LogP contribution is -2.30. The molecule has 90 valence electrons. The molecule has 0 aliphatic rings. The second-order valence-electron chi connectivity index (χ2n) is 3.51. The molecule has 5 nitrogen and oxygen atoms in total. The molecule has 0 saturated carbocycles. The zero-order chi connectivity index (χ0) is 12.4. The predicted molar refractivity (Wildman–Crippen MR) is 61.9 cm³/mol. The molecule has 0 aromatic carbocycles. The average molecular weight is 236 g/mol. The van der Waals surface area contributed by atoms with Crippen LogP contribution < -0.4 is 10.8 Å². The number of nitrogens with one attached hydrogen (secondary N) is 2. The molecule has 0 saturated heterocycles. The Kier molecular flexibility index (Phi) is 10.9. The third-order valence-corrected chi connectivity index (χ3v) is 1.52. The SMILES string of the molecule is CC(C)C(=O)NO.CC(C)NC(=O)CS. The molecule has 0 aliphatic carbocycles. The summed E-state index contributed by atoms with van der Waals surface area (Å²) in [6.07, 6.45) is 0. The van der Waals surface area contributed by atoms with Crippen LogP contribution in [0.15, 0.2) is 0 Å². The minimum Gasteiger partial charge on any atom is -0.353 e. The van der Waals surface area contributed by atoms with Crippen molar-refractivity contribution in [1.82, 2.24) is 10.8 Å². The molecule has 0 spiro atoms. The zero-order valence-corrected chi connectivity index (χ0v) is 10.5. The fourth-order valence-electron chi connectivity index (χ4n) is 0.497. The van der Waals surface area contributed by atoms with Crippen molar-refractivity contribution in [2.45, 2.75) is 33.7 Å². The molecule has 0 atom stereocenters. The maximum absolute atomic E-state index is 10.4. The highest BCUT2D eigenvalue weighted by Gasteiger charge is 2.01. The van der Waals surface area contributed by atoms with Gasteiger partial charge in [-0.05, 0) is 13.8 Å². The molecule has 0 bridgehead atoms. The molecule has 0 rings (SSSR count). The number of hydrogen-bond acceptors (Lipinski definition) is 4. The summed E-state index contributed by atoms with van der Waals surface area (Å²) in [4.78, 5) is 20.6. The van der Waals surface area contributed by atoms with Crippen molar-refractivity contribution in [3.63, 3.8) is 0 Å². The van der Waals surface area contributed by atoms with E-state index in [4.69, 9.17) is 5.21 Å². The fraction of sp³-hybridized carbons (Fsp3) is 0.778. The van der Waals surface area contributed by atoms with Gasteiger partial charge in [-0.3, -0.25) is 14.8 Å². The van der Waals surface area contributed by atoms with Crippen LogP contribution in [0.1, 0.15) is 27.7 Å². The van der Waals surface area contributed by atoms with Gasteiger partial charge in [-0.15, -0.1) is 0 Å². The van der Waals surface area contributed by atoms with Crippen LogP contribution in [0, 0.1) is 5.92 Å². The highest BCUT2D eigenvalue weighted by molar-refractivity contribution is 7.81. The quantitative estimate of drug-likeness (QED) is 0.329. The number of hydrogen-bond donors (Lipinski definition) is 4. The normalized spacial score (nSPS) is 9.33. The summed E-state index contributed by atoms with van der Waals surface area (Å²) in [7, 11) is 0. The van der Waals surface area contributed by atoms with Gasteiger partial charge in [0.1, 0.15) is 0 Å². The van der Waals surface area contributed by atoms with E-state index in [2.05, 4.69) is 17.9 Å². The number of amides is 2. The first-order valence-corrected chi connectivity index (χ1v) is 5.32. The molecule has 15 heavy (non-hydrogen) atoms. The summed E-state index contributed by atoms with van der Waals surface area (Å²) < 4.78 is 0. The van der Waals surface area contributed by atoms with Crippen LogP contribution in [0.3, 0.4) is 0 Å². The van der Waals surface area contributed by atoms with Gasteiger partial charge in [0.15, 0.2) is 0 Å². The maximum atomic E-state index is 10.4. The molecule has 0 aliphatic heterocycles. The Morgan fingerprint density at radius 3 is 1.80 bits per heavy atom. The summed E-state index contributed by atoms with van der Waals surface area (Å²) in [6.45, 7) is 7.24. The predicted octanol–water partition coefficient (Wildman–Crippen LogP) is 0.589. The van der Waals surface area contributed by atoms with Crippen molar-refractivity contribution in [2.24, 2.45) is 5.92 Å². The summed E-state index contributed by atoms with van der Waals surface area (Å²) in [5, 5.41) is 10.6. The van der Waals surface area contributed by atoms with Gasteiger partial charge in [0.05, 0.1) is 5.75 Å². The molecule has 2 amide bonds. The molecule has 0 heterocycles. The van der Waals surface area contributed by atoms with Gasteiger partial charge >= 0.3 is 0 Å². The Hall–Kier alpha value is -0.750. The van der Waals surface area contributed by atoms with Crippen LogP contribution in [0.2, 0.25) is 0 Å². The van der Waals surface area contributed by atoms with Crippen LogP contribution in [0.4, 0.5) is 0 Å². The molecule has 3 N–H and O–H groups in total. The number of rotatable bonds is 3. The van der Waals surface area contributed by atoms with E-state index in [1.807, 2.05) is 13.8 Å². The van der Waals surface area contributed by atoms with E-state index in [0.29, 0.717) is 0 Å². The maximum Gasteiger partial charge on any atom is 0.245 e. The summed E-state index contributed by atoms with van der Waals surface area (Å²) in [5.74, 6) is -0.216. The molecular weight excluding hydrogens is 216 g/mol. The number of carbonyl (C=O) groups excluding carboxylic acids is 2. The summed E-state index contributed by atoms with van der Waals surface area (Å²) in [6, 6.07) is 0.231. The minimum atomic E-state index is -0.347. The van der Waals surface area contributed by atoms with Crippen LogP contribution in [-0.4, -0.2) is 28.8 Å². The van der Waals surface area contributed by atoms with Crippen molar-refractivity contribution in [2.75, 3.05) is 5.75 Å². The van der Waals surface area contributed by atoms with Crippen molar-refractivity contribution in [1.29, 1.82) is 0 Å². The van der Waals surface area contributed by atoms with E-state index in [1.165, 1.54) is 5.48 Å². The van der Waals surface area contributed by atoms with Crippen molar-refractivity contribution < 1.29 is 14.8 Å². The Labute approximate surface area is 96.0 Å². The number of thiol groups is 1. The summed E-state index contributed by atoms with van der Waals surface area (Å²) >= 11 is 3.78. The van der Waals surface area contributed by atoms with Crippen LogP contribution in [0.25, 0.3) is 0 Å². The number of carbonyl (C=O) groups is 2. The van der Waals surface area contributed by atoms with Gasteiger partial charge in [0.2, 0.25) is 11.8 Å². The Bertz CT molecular complexity index is 196. The standard InChI is InChI=1S/C5H11NOS.C4H9NO2/c1-4(2)6-5(7)3-8;1-3(2)4(6)5-7/h4,8H,3H2,1-2H3,(H,6,7);3,7H,1-2H3,(H,5,6). The van der Waals surface area contributed by atoms with Gasteiger partial charge in [-0.2, -0.15) is 12.6 Å². The first kappa shape index (κ1) is 16.7. The smallest absolute Gasteiger partial charge is 0.245 e. The molecule has 6 heteroatoms. The molecule has 0 fully saturated rings. The molecular formula is C9H20N2O3S. The second-order valence-corrected chi connectivity index (χ2v) is 3.83. The van der Waals surface area contributed by atoms with E-state index < -0.39 is 0 Å². The molecule has 0 radical (unpaired) electrons. The van der Waals surface area contributed by atoms with E-state index in [1.54, 1.807) is 13.8 Å². The first-order valence-electron chi connectivity index (χ1n) is 4.69. The highest BCUT2D eigenvalue weighted by Crippen LogP contribution is 1.87. The van der Waals surface area contributed by atoms with Crippen molar-refractivity contribution in [3.05, 3.63) is 0 Å². The van der Waals surface area contributed by atoms with Crippen LogP contribution >= 0.6 is 12.6 Å². The van der Waals surface area contributed by atoms with E-state index in [9.17, 15) is 9.59 Å². The molecule has 0 aromatic rings. The Morgan fingerprint density at radius 2 is 1.73 bits per heavy atom.